The molecule has 1 atom stereocenters. The zero-order valence-electron chi connectivity index (χ0n) is 10.4. The van der Waals surface area contributed by atoms with E-state index >= 15 is 0 Å². The fourth-order valence-corrected chi connectivity index (χ4v) is 2.54. The molecule has 1 rings (SSSR count). The molecule has 1 aromatic carbocycles. The molecule has 0 heterocycles. The van der Waals surface area contributed by atoms with Crippen molar-refractivity contribution in [3.63, 3.8) is 0 Å². The molecule has 102 valence electrons. The Labute approximate surface area is 118 Å². The first-order chi connectivity index (χ1) is 8.07. The number of benzene rings is 1. The van der Waals surface area contributed by atoms with Crippen LogP contribution in [0.2, 0.25) is 10.0 Å². The molecule has 0 aliphatic rings. The predicted octanol–water partition coefficient (Wildman–Crippen LogP) is 2.72. The number of sulfone groups is 1. The number of hydrogen-bond acceptors (Lipinski definition) is 3. The van der Waals surface area contributed by atoms with Gasteiger partial charge in [-0.15, -0.1) is 0 Å². The third kappa shape index (κ3) is 3.18. The highest BCUT2D eigenvalue weighted by molar-refractivity contribution is 7.92. The third-order valence-electron chi connectivity index (χ3n) is 3.22. The zero-order valence-corrected chi connectivity index (χ0v) is 12.8. The molecule has 0 radical (unpaired) electrons. The first-order valence-corrected chi connectivity index (χ1v) is 8.02. The van der Waals surface area contributed by atoms with Crippen LogP contribution in [-0.2, 0) is 16.3 Å². The molecule has 0 aliphatic heterocycles. The number of rotatable bonds is 4. The maximum atomic E-state index is 11.6. The maximum absolute atomic E-state index is 11.6. The van der Waals surface area contributed by atoms with Gasteiger partial charge in [0.2, 0.25) is 0 Å². The number of hydrogen-bond donors (Lipinski definition) is 1. The molecule has 0 fully saturated rings. The summed E-state index contributed by atoms with van der Waals surface area (Å²) >= 11 is 12.0. The van der Waals surface area contributed by atoms with E-state index in [4.69, 9.17) is 23.2 Å². The summed E-state index contributed by atoms with van der Waals surface area (Å²) in [5.41, 5.74) is 0.560. The average molecular weight is 311 g/mol. The van der Waals surface area contributed by atoms with Crippen LogP contribution in [-0.4, -0.2) is 30.6 Å². The van der Waals surface area contributed by atoms with Gasteiger partial charge in [-0.05, 0) is 31.5 Å². The van der Waals surface area contributed by atoms with Gasteiger partial charge in [-0.25, -0.2) is 8.42 Å². The van der Waals surface area contributed by atoms with Crippen LogP contribution in [0.5, 0.6) is 0 Å². The highest BCUT2D eigenvalue weighted by atomic mass is 35.5. The summed E-state index contributed by atoms with van der Waals surface area (Å²) in [7, 11) is -3.38. The van der Waals surface area contributed by atoms with E-state index in [0.717, 1.165) is 6.26 Å². The fourth-order valence-electron chi connectivity index (χ4n) is 1.41. The van der Waals surface area contributed by atoms with E-state index in [2.05, 4.69) is 0 Å². The van der Waals surface area contributed by atoms with E-state index in [0.29, 0.717) is 15.6 Å². The maximum Gasteiger partial charge on any atom is 0.155 e. The molecule has 1 aromatic rings. The number of aliphatic hydroxyl groups excluding tert-OH is 1. The van der Waals surface area contributed by atoms with Gasteiger partial charge in [0.05, 0.1) is 10.9 Å². The molecular weight excluding hydrogens is 295 g/mol. The van der Waals surface area contributed by atoms with E-state index in [9.17, 15) is 13.5 Å². The Hall–Kier alpha value is -0.290. The summed E-state index contributed by atoms with van der Waals surface area (Å²) in [6, 6.07) is 5.01. The van der Waals surface area contributed by atoms with Crippen LogP contribution in [0.3, 0.4) is 0 Å². The van der Waals surface area contributed by atoms with E-state index in [1.165, 1.54) is 13.8 Å². The Bertz CT molecular complexity index is 518. The SMILES string of the molecule is CC(C)(C(O)Cc1c(Cl)cccc1Cl)S(C)(=O)=O. The summed E-state index contributed by atoms with van der Waals surface area (Å²) in [5, 5.41) is 11.0. The minimum Gasteiger partial charge on any atom is -0.391 e. The molecule has 18 heavy (non-hydrogen) atoms. The van der Waals surface area contributed by atoms with Crippen molar-refractivity contribution in [3.05, 3.63) is 33.8 Å². The molecule has 3 nitrogen and oxygen atoms in total. The van der Waals surface area contributed by atoms with Gasteiger partial charge in [0, 0.05) is 22.7 Å². The summed E-state index contributed by atoms with van der Waals surface area (Å²) in [6.45, 7) is 2.97. The Morgan fingerprint density at radius 1 is 1.28 bits per heavy atom. The van der Waals surface area contributed by atoms with Crippen LogP contribution in [0.1, 0.15) is 19.4 Å². The van der Waals surface area contributed by atoms with Gasteiger partial charge in [0.1, 0.15) is 0 Å². The zero-order chi connectivity index (χ0) is 14.1. The lowest BCUT2D eigenvalue weighted by Crippen LogP contribution is -2.44. The lowest BCUT2D eigenvalue weighted by molar-refractivity contribution is 0.138. The van der Waals surface area contributed by atoms with Crippen molar-refractivity contribution in [3.8, 4) is 0 Å². The molecule has 0 aliphatic carbocycles. The van der Waals surface area contributed by atoms with Crippen molar-refractivity contribution in [1.82, 2.24) is 0 Å². The quantitative estimate of drug-likeness (QED) is 0.930. The smallest absolute Gasteiger partial charge is 0.155 e. The second-order valence-corrected chi connectivity index (χ2v) is 8.21. The summed E-state index contributed by atoms with van der Waals surface area (Å²) in [4.78, 5) is 0. The summed E-state index contributed by atoms with van der Waals surface area (Å²) < 4.78 is 22.0. The highest BCUT2D eigenvalue weighted by Gasteiger charge is 2.38. The molecule has 1 N–H and O–H groups in total. The summed E-state index contributed by atoms with van der Waals surface area (Å²) in [6.07, 6.45) is 0.119. The topological polar surface area (TPSA) is 54.4 Å². The average Bonchev–Trinajstić information content (AvgIpc) is 2.21. The lowest BCUT2D eigenvalue weighted by Gasteiger charge is -2.29. The van der Waals surface area contributed by atoms with Crippen LogP contribution in [0.4, 0.5) is 0 Å². The first-order valence-electron chi connectivity index (χ1n) is 5.38. The van der Waals surface area contributed by atoms with Crippen molar-refractivity contribution in [1.29, 1.82) is 0 Å². The second kappa shape index (κ2) is 5.37. The Morgan fingerprint density at radius 2 is 1.72 bits per heavy atom. The third-order valence-corrected chi connectivity index (χ3v) is 6.11. The molecule has 0 bridgehead atoms. The van der Waals surface area contributed by atoms with Crippen LogP contribution in [0.15, 0.2) is 18.2 Å². The number of aliphatic hydroxyl groups is 1. The number of halogens is 2. The second-order valence-electron chi connectivity index (χ2n) is 4.80. The standard InChI is InChI=1S/C12H16Cl2O3S/c1-12(2,18(3,16)17)11(15)7-8-9(13)5-4-6-10(8)14/h4-6,11,15H,7H2,1-3H3. The van der Waals surface area contributed by atoms with Crippen LogP contribution in [0, 0.1) is 0 Å². The molecule has 0 spiro atoms. The van der Waals surface area contributed by atoms with Crippen molar-refractivity contribution in [2.75, 3.05) is 6.26 Å². The van der Waals surface area contributed by atoms with E-state index < -0.39 is 20.7 Å². The van der Waals surface area contributed by atoms with E-state index in [1.807, 2.05) is 0 Å². The minimum absolute atomic E-state index is 0.0958. The molecule has 0 saturated heterocycles. The fraction of sp³-hybridized carbons (Fsp3) is 0.500. The van der Waals surface area contributed by atoms with Gasteiger partial charge >= 0.3 is 0 Å². The molecule has 0 aromatic heterocycles. The van der Waals surface area contributed by atoms with Crippen molar-refractivity contribution in [2.45, 2.75) is 31.1 Å². The van der Waals surface area contributed by atoms with Crippen molar-refractivity contribution >= 4 is 33.0 Å². The van der Waals surface area contributed by atoms with Gasteiger partial charge in [0.15, 0.2) is 9.84 Å². The Balaban J connectivity index is 3.06. The van der Waals surface area contributed by atoms with Gasteiger partial charge < -0.3 is 5.11 Å². The van der Waals surface area contributed by atoms with Gasteiger partial charge in [0.25, 0.3) is 0 Å². The van der Waals surface area contributed by atoms with E-state index in [1.54, 1.807) is 18.2 Å². The van der Waals surface area contributed by atoms with Gasteiger partial charge in [-0.3, -0.25) is 0 Å². The van der Waals surface area contributed by atoms with E-state index in [-0.39, 0.29) is 6.42 Å². The minimum atomic E-state index is -3.38. The van der Waals surface area contributed by atoms with Crippen LogP contribution in [0.25, 0.3) is 0 Å². The normalized spacial score (nSPS) is 14.6. The van der Waals surface area contributed by atoms with Crippen LogP contribution < -0.4 is 0 Å². The predicted molar refractivity (Wildman–Crippen MR) is 75.1 cm³/mol. The molecule has 1 unspecified atom stereocenters. The molecule has 0 saturated carbocycles. The van der Waals surface area contributed by atoms with Gasteiger partial charge in [-0.2, -0.15) is 0 Å². The van der Waals surface area contributed by atoms with Crippen molar-refractivity contribution < 1.29 is 13.5 Å². The van der Waals surface area contributed by atoms with Crippen molar-refractivity contribution in [2.24, 2.45) is 0 Å². The largest absolute Gasteiger partial charge is 0.391 e. The molecular formula is C12H16Cl2O3S. The van der Waals surface area contributed by atoms with Crippen LogP contribution >= 0.6 is 23.2 Å². The molecule has 6 heteroatoms. The molecule has 0 amide bonds. The Morgan fingerprint density at radius 3 is 2.11 bits per heavy atom. The van der Waals surface area contributed by atoms with Gasteiger partial charge in [-0.1, -0.05) is 29.3 Å². The summed E-state index contributed by atoms with van der Waals surface area (Å²) in [5.74, 6) is 0. The monoisotopic (exact) mass is 310 g/mol. The Kier molecular flexibility index (Phi) is 4.70. The first kappa shape index (κ1) is 15.8. The highest BCUT2D eigenvalue weighted by Crippen LogP contribution is 2.29. The lowest BCUT2D eigenvalue weighted by atomic mass is 9.98.